The smallest absolute Gasteiger partial charge is 0.304 e. The molecule has 6 heteroatoms. The molecule has 0 aliphatic carbocycles. The van der Waals surface area contributed by atoms with Crippen LogP contribution in [0.15, 0.2) is 47.5 Å². The van der Waals surface area contributed by atoms with Gasteiger partial charge in [-0.15, -0.1) is 0 Å². The van der Waals surface area contributed by atoms with Crippen LogP contribution in [0, 0.1) is 10.1 Å². The van der Waals surface area contributed by atoms with Gasteiger partial charge in [-0.05, 0) is 18.2 Å². The molecule has 0 saturated heterocycles. The Bertz CT molecular complexity index is 592. The Morgan fingerprint density at radius 2 is 2.12 bits per heavy atom. The van der Waals surface area contributed by atoms with Crippen molar-refractivity contribution in [2.24, 2.45) is 0 Å². The van der Waals surface area contributed by atoms with Gasteiger partial charge in [0.25, 0.3) is 0 Å². The molecular weight excluding hydrogens is 222 g/mol. The van der Waals surface area contributed by atoms with Gasteiger partial charge in [0.05, 0.1) is 17.2 Å². The minimum Gasteiger partial charge on any atom is -0.304 e. The molecule has 0 saturated carbocycles. The van der Waals surface area contributed by atoms with Crippen molar-refractivity contribution in [3.8, 4) is 0 Å². The third-order valence-corrected chi connectivity index (χ3v) is 2.26. The fourth-order valence-corrected chi connectivity index (χ4v) is 1.45. The van der Waals surface area contributed by atoms with E-state index in [0.717, 1.165) is 0 Å². The van der Waals surface area contributed by atoms with Crippen LogP contribution in [0.4, 0.5) is 5.69 Å². The molecule has 86 valence electrons. The first-order valence-corrected chi connectivity index (χ1v) is 4.92. The largest absolute Gasteiger partial charge is 0.334 e. The number of hydrogen-bond acceptors (Lipinski definition) is 4. The second-order valence-corrected chi connectivity index (χ2v) is 3.40. The first-order chi connectivity index (χ1) is 8.18. The summed E-state index contributed by atoms with van der Waals surface area (Å²) >= 11 is 0. The maximum Gasteiger partial charge on any atom is 0.334 e. The summed E-state index contributed by atoms with van der Waals surface area (Å²) < 4.78 is 1.26. The van der Waals surface area contributed by atoms with Crippen LogP contribution in [-0.2, 0) is 6.54 Å². The zero-order valence-corrected chi connectivity index (χ0v) is 8.81. The summed E-state index contributed by atoms with van der Waals surface area (Å²) in [4.78, 5) is 25.7. The third kappa shape index (κ3) is 2.36. The fourth-order valence-electron chi connectivity index (χ4n) is 1.45. The van der Waals surface area contributed by atoms with Crippen LogP contribution in [-0.4, -0.2) is 14.5 Å². The van der Waals surface area contributed by atoms with Gasteiger partial charge < -0.3 is 4.57 Å². The Morgan fingerprint density at radius 1 is 1.29 bits per heavy atom. The normalized spacial score (nSPS) is 10.1. The summed E-state index contributed by atoms with van der Waals surface area (Å²) in [5, 5.41) is 10.6. The monoisotopic (exact) mass is 231 g/mol. The standard InChI is InChI=1S/C11H9N3O3/c15-11-10(14(16)17)5-3-7-13(11)8-9-4-1-2-6-12-9/h1-7H,8H2. The summed E-state index contributed by atoms with van der Waals surface area (Å²) in [6.45, 7) is 0.224. The SMILES string of the molecule is O=c1c([N+](=O)[O-])cccn1Cc1ccccn1. The van der Waals surface area contributed by atoms with E-state index in [-0.39, 0.29) is 6.54 Å². The van der Waals surface area contributed by atoms with Crippen LogP contribution in [0.1, 0.15) is 5.69 Å². The number of nitrogens with zero attached hydrogens (tertiary/aromatic N) is 3. The lowest BCUT2D eigenvalue weighted by molar-refractivity contribution is -0.386. The highest BCUT2D eigenvalue weighted by molar-refractivity contribution is 5.25. The van der Waals surface area contributed by atoms with E-state index < -0.39 is 16.2 Å². The Hall–Kier alpha value is -2.50. The molecule has 0 amide bonds. The van der Waals surface area contributed by atoms with Gasteiger partial charge in [0, 0.05) is 18.5 Å². The molecule has 0 bridgehead atoms. The average molecular weight is 231 g/mol. The molecule has 0 spiro atoms. The molecule has 0 atom stereocenters. The summed E-state index contributed by atoms with van der Waals surface area (Å²) in [5.74, 6) is 0. The van der Waals surface area contributed by atoms with E-state index in [1.165, 1.54) is 22.9 Å². The summed E-state index contributed by atoms with van der Waals surface area (Å²) in [7, 11) is 0. The lowest BCUT2D eigenvalue weighted by Crippen LogP contribution is -2.22. The van der Waals surface area contributed by atoms with Crippen molar-refractivity contribution in [2.45, 2.75) is 6.54 Å². The van der Waals surface area contributed by atoms with Crippen LogP contribution in [0.25, 0.3) is 0 Å². The molecule has 2 rings (SSSR count). The molecule has 6 nitrogen and oxygen atoms in total. The Labute approximate surface area is 96.3 Å². The van der Waals surface area contributed by atoms with Gasteiger partial charge in [-0.2, -0.15) is 0 Å². The van der Waals surface area contributed by atoms with Crippen molar-refractivity contribution in [3.63, 3.8) is 0 Å². The predicted octanol–water partition coefficient (Wildman–Crippen LogP) is 1.20. The predicted molar refractivity (Wildman–Crippen MR) is 60.7 cm³/mol. The topological polar surface area (TPSA) is 78.0 Å². The van der Waals surface area contributed by atoms with Gasteiger partial charge >= 0.3 is 11.2 Å². The average Bonchev–Trinajstić information content (AvgIpc) is 2.33. The van der Waals surface area contributed by atoms with Crippen LogP contribution >= 0.6 is 0 Å². The second-order valence-electron chi connectivity index (χ2n) is 3.40. The summed E-state index contributed by atoms with van der Waals surface area (Å²) in [6, 6.07) is 7.98. The minimum atomic E-state index is -0.683. The van der Waals surface area contributed by atoms with E-state index in [0.29, 0.717) is 5.69 Å². The molecule has 17 heavy (non-hydrogen) atoms. The van der Waals surface area contributed by atoms with E-state index in [1.807, 2.05) is 0 Å². The molecular formula is C11H9N3O3. The highest BCUT2D eigenvalue weighted by atomic mass is 16.6. The zero-order valence-electron chi connectivity index (χ0n) is 8.81. The lowest BCUT2D eigenvalue weighted by atomic mass is 10.3. The molecule has 0 aromatic carbocycles. The van der Waals surface area contributed by atoms with Gasteiger partial charge in [-0.25, -0.2) is 0 Å². The first-order valence-electron chi connectivity index (χ1n) is 4.92. The lowest BCUT2D eigenvalue weighted by Gasteiger charge is -2.03. The highest BCUT2D eigenvalue weighted by Gasteiger charge is 2.13. The molecule has 0 N–H and O–H groups in total. The number of aromatic nitrogens is 2. The van der Waals surface area contributed by atoms with Crippen molar-refractivity contribution in [2.75, 3.05) is 0 Å². The van der Waals surface area contributed by atoms with Crippen molar-refractivity contribution >= 4 is 5.69 Å². The number of pyridine rings is 2. The van der Waals surface area contributed by atoms with E-state index in [9.17, 15) is 14.9 Å². The van der Waals surface area contributed by atoms with E-state index in [2.05, 4.69) is 4.98 Å². The van der Waals surface area contributed by atoms with Crippen molar-refractivity contribution in [3.05, 3.63) is 68.9 Å². The highest BCUT2D eigenvalue weighted by Crippen LogP contribution is 2.03. The van der Waals surface area contributed by atoms with Gasteiger partial charge in [0.15, 0.2) is 0 Å². The van der Waals surface area contributed by atoms with E-state index in [4.69, 9.17) is 0 Å². The van der Waals surface area contributed by atoms with Crippen LogP contribution in [0.2, 0.25) is 0 Å². The number of nitro groups is 1. The Morgan fingerprint density at radius 3 is 2.76 bits per heavy atom. The van der Waals surface area contributed by atoms with Crippen LogP contribution < -0.4 is 5.56 Å². The fraction of sp³-hybridized carbons (Fsp3) is 0.0909. The van der Waals surface area contributed by atoms with Crippen LogP contribution in [0.3, 0.4) is 0 Å². The Balaban J connectivity index is 2.38. The molecule has 0 aliphatic heterocycles. The molecule has 0 fully saturated rings. The van der Waals surface area contributed by atoms with Gasteiger partial charge in [0.2, 0.25) is 0 Å². The Kier molecular flexibility index (Phi) is 2.95. The molecule has 2 aromatic rings. The van der Waals surface area contributed by atoms with Gasteiger partial charge in [-0.3, -0.25) is 19.9 Å². The zero-order chi connectivity index (χ0) is 12.3. The van der Waals surface area contributed by atoms with Crippen molar-refractivity contribution in [1.82, 2.24) is 9.55 Å². The maximum absolute atomic E-state index is 11.7. The summed E-state index contributed by atoms with van der Waals surface area (Å²) in [6.07, 6.45) is 3.11. The van der Waals surface area contributed by atoms with Gasteiger partial charge in [-0.1, -0.05) is 6.07 Å². The summed E-state index contributed by atoms with van der Waals surface area (Å²) in [5.41, 5.74) is -0.373. The minimum absolute atomic E-state index is 0.224. The quantitative estimate of drug-likeness (QED) is 0.587. The van der Waals surface area contributed by atoms with Gasteiger partial charge in [0.1, 0.15) is 0 Å². The van der Waals surface area contributed by atoms with E-state index in [1.54, 1.807) is 24.4 Å². The first kappa shape index (κ1) is 11.0. The van der Waals surface area contributed by atoms with Crippen LogP contribution in [0.5, 0.6) is 0 Å². The molecule has 2 aromatic heterocycles. The maximum atomic E-state index is 11.7. The van der Waals surface area contributed by atoms with Crippen molar-refractivity contribution in [1.29, 1.82) is 0 Å². The number of hydrogen-bond donors (Lipinski definition) is 0. The molecule has 0 radical (unpaired) electrons. The second kappa shape index (κ2) is 4.56. The third-order valence-electron chi connectivity index (χ3n) is 2.26. The molecule has 0 aliphatic rings. The number of rotatable bonds is 3. The van der Waals surface area contributed by atoms with Crippen molar-refractivity contribution < 1.29 is 4.92 Å². The molecule has 0 unspecified atom stereocenters. The van der Waals surface area contributed by atoms with E-state index >= 15 is 0 Å². The molecule has 2 heterocycles.